The van der Waals surface area contributed by atoms with E-state index in [9.17, 15) is 29.1 Å². The highest BCUT2D eigenvalue weighted by Gasteiger charge is 2.67. The summed E-state index contributed by atoms with van der Waals surface area (Å²) in [6, 6.07) is 6.81. The molecule has 0 aliphatic carbocycles. The number of benzene rings is 1. The number of nitrogens with zero attached hydrogens (tertiary/aromatic N) is 1. The fourth-order valence-corrected chi connectivity index (χ4v) is 5.16. The predicted octanol–water partition coefficient (Wildman–Crippen LogP) is -0.458. The van der Waals surface area contributed by atoms with Gasteiger partial charge in [-0.1, -0.05) is 30.3 Å². The van der Waals surface area contributed by atoms with Crippen LogP contribution in [0.3, 0.4) is 0 Å². The van der Waals surface area contributed by atoms with Gasteiger partial charge in [0.1, 0.15) is 23.7 Å². The molecule has 34 heavy (non-hydrogen) atoms. The predicted molar refractivity (Wildman–Crippen MR) is 119 cm³/mol. The molecular weight excluding hydrogens is 468 g/mol. The Labute approximate surface area is 198 Å². The molecule has 4 amide bonds. The number of primary amides is 1. The number of carbonyl (C=O) groups is 5. The Morgan fingerprint density at radius 1 is 1.29 bits per heavy atom. The van der Waals surface area contributed by atoms with Crippen molar-refractivity contribution in [2.24, 2.45) is 5.73 Å². The summed E-state index contributed by atoms with van der Waals surface area (Å²) in [4.78, 5) is 61.8. The lowest BCUT2D eigenvalue weighted by molar-refractivity contribution is -0.193. The molecule has 182 valence electrons. The molecule has 13 heteroatoms. The number of urea groups is 1. The first-order chi connectivity index (χ1) is 16.1. The van der Waals surface area contributed by atoms with Crippen LogP contribution in [0, 0.1) is 0 Å². The first-order valence-corrected chi connectivity index (χ1v) is 11.2. The summed E-state index contributed by atoms with van der Waals surface area (Å²) in [6.07, 6.45) is 0.0952. The molecule has 2 aliphatic heterocycles. The molecule has 3 atom stereocenters. The molecule has 3 rings (SSSR count). The maximum Gasteiger partial charge on any atom is 0.352 e. The molecule has 0 saturated carbocycles. The van der Waals surface area contributed by atoms with Gasteiger partial charge in [-0.25, -0.2) is 9.59 Å². The van der Waals surface area contributed by atoms with Gasteiger partial charge in [0, 0.05) is 31.8 Å². The highest BCUT2D eigenvalue weighted by Crippen LogP contribution is 2.46. The van der Waals surface area contributed by atoms with Crippen LogP contribution in [-0.4, -0.2) is 76.4 Å². The van der Waals surface area contributed by atoms with Crippen LogP contribution in [0.25, 0.3) is 0 Å². The molecule has 2 heterocycles. The maximum atomic E-state index is 13.1. The van der Waals surface area contributed by atoms with Crippen LogP contribution in [0.2, 0.25) is 0 Å². The summed E-state index contributed by atoms with van der Waals surface area (Å²) in [5, 5.41) is 13.7. The van der Waals surface area contributed by atoms with Crippen molar-refractivity contribution in [1.29, 1.82) is 0 Å². The van der Waals surface area contributed by atoms with Crippen molar-refractivity contribution < 1.29 is 38.6 Å². The smallest absolute Gasteiger partial charge is 0.352 e. The number of hydrogen-bond acceptors (Lipinski definition) is 8. The standard InChI is InChI=1S/C21H24N4O8S/c1-11(26)33-9-13-10-34-19-21(32-2,18(30)25(19)15(13)17(28)29)24-16(27)14(23-20(22)31)8-12-6-4-3-5-7-12/h3-7,14,19H,8-10H2,1-2H3,(H,24,27)(H,28,29)(H3,22,23,31)/t14?,19-,21-/m1/s1. The third kappa shape index (κ3) is 4.84. The van der Waals surface area contributed by atoms with E-state index in [1.807, 2.05) is 0 Å². The molecule has 2 aliphatic rings. The molecule has 1 aromatic rings. The van der Waals surface area contributed by atoms with Crippen LogP contribution in [0.4, 0.5) is 4.79 Å². The van der Waals surface area contributed by atoms with E-state index < -0.39 is 46.9 Å². The number of rotatable bonds is 9. The van der Waals surface area contributed by atoms with Crippen LogP contribution in [-0.2, 0) is 35.1 Å². The van der Waals surface area contributed by atoms with E-state index in [1.165, 1.54) is 14.0 Å². The molecule has 0 bridgehead atoms. The number of β-lactam (4-membered cyclic amide) rings is 1. The highest BCUT2D eigenvalue weighted by molar-refractivity contribution is 8.00. The van der Waals surface area contributed by atoms with Gasteiger partial charge in [-0.05, 0) is 5.56 Å². The Morgan fingerprint density at radius 3 is 2.53 bits per heavy atom. The highest BCUT2D eigenvalue weighted by atomic mass is 32.2. The van der Waals surface area contributed by atoms with Crippen molar-refractivity contribution in [1.82, 2.24) is 15.5 Å². The van der Waals surface area contributed by atoms with Crippen molar-refractivity contribution in [3.63, 3.8) is 0 Å². The second-order valence-corrected chi connectivity index (χ2v) is 8.62. The number of esters is 1. The number of nitrogens with one attached hydrogen (secondary N) is 2. The minimum absolute atomic E-state index is 0.0952. The van der Waals surface area contributed by atoms with E-state index in [4.69, 9.17) is 15.2 Å². The van der Waals surface area contributed by atoms with Gasteiger partial charge in [0.15, 0.2) is 0 Å². The van der Waals surface area contributed by atoms with E-state index in [1.54, 1.807) is 30.3 Å². The van der Waals surface area contributed by atoms with Crippen LogP contribution >= 0.6 is 11.8 Å². The minimum atomic E-state index is -1.86. The van der Waals surface area contributed by atoms with Crippen LogP contribution in [0.5, 0.6) is 0 Å². The molecule has 1 aromatic carbocycles. The van der Waals surface area contributed by atoms with Gasteiger partial charge < -0.3 is 30.9 Å². The fraction of sp³-hybridized carbons (Fsp3) is 0.381. The van der Waals surface area contributed by atoms with Crippen LogP contribution in [0.1, 0.15) is 12.5 Å². The second kappa shape index (κ2) is 10.1. The summed E-state index contributed by atoms with van der Waals surface area (Å²) in [5.41, 5.74) is 4.03. The van der Waals surface area contributed by atoms with Crippen LogP contribution in [0.15, 0.2) is 41.6 Å². The number of carboxylic acids is 1. The third-order valence-corrected chi connectivity index (χ3v) is 6.68. The number of ether oxygens (including phenoxy) is 2. The molecule has 1 fully saturated rings. The zero-order chi connectivity index (χ0) is 25.0. The van der Waals surface area contributed by atoms with Crippen molar-refractivity contribution in [3.8, 4) is 0 Å². The SMILES string of the molecule is CO[C@]1(NC(=O)C(Cc2ccccc2)NC(N)=O)C(=O)N2C(C(=O)O)=C(COC(C)=O)CS[C@@H]21. The van der Waals surface area contributed by atoms with E-state index in [0.29, 0.717) is 0 Å². The molecule has 0 radical (unpaired) electrons. The van der Waals surface area contributed by atoms with Gasteiger partial charge in [-0.3, -0.25) is 19.3 Å². The Kier molecular flexibility index (Phi) is 7.47. The number of nitrogens with two attached hydrogens (primary N) is 1. The summed E-state index contributed by atoms with van der Waals surface area (Å²) in [7, 11) is 1.21. The number of hydrogen-bond donors (Lipinski definition) is 4. The Hall–Kier alpha value is -3.58. The first kappa shape index (κ1) is 25.1. The largest absolute Gasteiger partial charge is 0.477 e. The number of carboxylic acid groups (broad SMARTS) is 1. The average Bonchev–Trinajstić information content (AvgIpc) is 2.79. The van der Waals surface area contributed by atoms with Gasteiger partial charge in [-0.15, -0.1) is 11.8 Å². The zero-order valence-electron chi connectivity index (χ0n) is 18.4. The number of methoxy groups -OCH3 is 1. The van der Waals surface area contributed by atoms with E-state index in [0.717, 1.165) is 22.2 Å². The summed E-state index contributed by atoms with van der Waals surface area (Å²) >= 11 is 1.14. The van der Waals surface area contributed by atoms with Crippen molar-refractivity contribution in [2.75, 3.05) is 19.5 Å². The lowest BCUT2D eigenvalue weighted by Gasteiger charge is -2.56. The van der Waals surface area contributed by atoms with Crippen molar-refractivity contribution >= 4 is 41.5 Å². The van der Waals surface area contributed by atoms with Crippen molar-refractivity contribution in [2.45, 2.75) is 30.5 Å². The Balaban J connectivity index is 1.84. The Bertz CT molecular complexity index is 1050. The summed E-state index contributed by atoms with van der Waals surface area (Å²) in [6.45, 7) is 0.903. The van der Waals surface area contributed by atoms with E-state index in [-0.39, 0.29) is 30.1 Å². The van der Waals surface area contributed by atoms with Gasteiger partial charge >= 0.3 is 18.0 Å². The van der Waals surface area contributed by atoms with Gasteiger partial charge in [0.2, 0.25) is 5.91 Å². The number of fused-ring (bicyclic) bond motifs is 1. The summed E-state index contributed by atoms with van der Waals surface area (Å²) in [5.74, 6) is -3.39. The minimum Gasteiger partial charge on any atom is -0.477 e. The maximum absolute atomic E-state index is 13.1. The molecule has 1 unspecified atom stereocenters. The van der Waals surface area contributed by atoms with Crippen LogP contribution < -0.4 is 16.4 Å². The zero-order valence-corrected chi connectivity index (χ0v) is 19.2. The number of carbonyl (C=O) groups excluding carboxylic acids is 4. The Morgan fingerprint density at radius 2 is 1.97 bits per heavy atom. The normalized spacial score (nSPS) is 22.2. The molecule has 1 saturated heterocycles. The molecule has 5 N–H and O–H groups in total. The third-order valence-electron chi connectivity index (χ3n) is 5.31. The van der Waals surface area contributed by atoms with E-state index in [2.05, 4.69) is 10.6 Å². The molecular formula is C21H24N4O8S. The lowest BCUT2D eigenvalue weighted by Crippen LogP contribution is -2.81. The summed E-state index contributed by atoms with van der Waals surface area (Å²) < 4.78 is 10.3. The average molecular weight is 493 g/mol. The topological polar surface area (TPSA) is 177 Å². The number of aliphatic carboxylic acids is 1. The van der Waals surface area contributed by atoms with Gasteiger partial charge in [0.25, 0.3) is 11.6 Å². The first-order valence-electron chi connectivity index (χ1n) is 10.1. The number of thioether (sulfide) groups is 1. The van der Waals surface area contributed by atoms with Crippen molar-refractivity contribution in [3.05, 3.63) is 47.2 Å². The van der Waals surface area contributed by atoms with Gasteiger partial charge in [-0.2, -0.15) is 0 Å². The van der Waals surface area contributed by atoms with Gasteiger partial charge in [0.05, 0.1) is 0 Å². The second-order valence-electron chi connectivity index (χ2n) is 7.56. The fourth-order valence-electron chi connectivity index (χ4n) is 3.74. The monoisotopic (exact) mass is 492 g/mol. The molecule has 0 aromatic heterocycles. The lowest BCUT2D eigenvalue weighted by atomic mass is 9.97. The molecule has 12 nitrogen and oxygen atoms in total. The quantitative estimate of drug-likeness (QED) is 0.202. The number of amides is 4. The van der Waals surface area contributed by atoms with E-state index >= 15 is 0 Å². The molecule has 0 spiro atoms.